The molecule has 2 aromatic rings. The molecule has 1 fully saturated rings. The molecule has 0 bridgehead atoms. The number of methoxy groups -OCH3 is 1. The summed E-state index contributed by atoms with van der Waals surface area (Å²) in [6.45, 7) is 1.52. The second-order valence-corrected chi connectivity index (χ2v) is 6.91. The third kappa shape index (κ3) is 4.40. The summed E-state index contributed by atoms with van der Waals surface area (Å²) in [4.78, 5) is 28.3. The molecule has 2 heterocycles. The first-order chi connectivity index (χ1) is 13.0. The number of carbonyl (C=O) groups excluding carboxylic acids is 2. The van der Waals surface area contributed by atoms with Crippen molar-refractivity contribution in [2.24, 2.45) is 0 Å². The molecule has 0 spiro atoms. The van der Waals surface area contributed by atoms with Gasteiger partial charge in [0.2, 0.25) is 0 Å². The van der Waals surface area contributed by atoms with Gasteiger partial charge in [-0.3, -0.25) is 13.8 Å². The summed E-state index contributed by atoms with van der Waals surface area (Å²) in [7, 11) is 1.41. The van der Waals surface area contributed by atoms with Gasteiger partial charge in [-0.1, -0.05) is 4.49 Å². The zero-order chi connectivity index (χ0) is 19.4. The van der Waals surface area contributed by atoms with Crippen LogP contribution in [0.4, 0.5) is 5.69 Å². The summed E-state index contributed by atoms with van der Waals surface area (Å²) in [5.41, 5.74) is 0.924. The van der Waals surface area contributed by atoms with E-state index in [1.54, 1.807) is 15.2 Å². The number of hydrogen-bond donors (Lipinski definition) is 1. The molecule has 1 aromatic heterocycles. The molecule has 1 saturated heterocycles. The van der Waals surface area contributed by atoms with Gasteiger partial charge in [-0.25, -0.2) is 0 Å². The van der Waals surface area contributed by atoms with E-state index in [9.17, 15) is 18.4 Å². The first-order valence-corrected chi connectivity index (χ1v) is 9.80. The molecule has 27 heavy (non-hydrogen) atoms. The summed E-state index contributed by atoms with van der Waals surface area (Å²) in [5, 5.41) is 5.37. The van der Waals surface area contributed by atoms with E-state index < -0.39 is 11.3 Å². The van der Waals surface area contributed by atoms with Crippen molar-refractivity contribution in [2.45, 2.75) is 0 Å². The van der Waals surface area contributed by atoms with Crippen LogP contribution in [0.25, 0.3) is 0 Å². The molecule has 1 aliphatic heterocycles. The maximum Gasteiger partial charge on any atom is 0.275 e. The number of benzene rings is 1. The van der Waals surface area contributed by atoms with Crippen LogP contribution in [0.15, 0.2) is 23.6 Å². The molecule has 12 heteroatoms. The SMILES string of the molecule is COc1cc(NS(=O)[O-])ccc1C(=O)N1CCN(C(=O)c2csnn2)CC1. The summed E-state index contributed by atoms with van der Waals surface area (Å²) < 4.78 is 32.6. The number of aromatic nitrogens is 2. The molecule has 0 saturated carbocycles. The van der Waals surface area contributed by atoms with Crippen LogP contribution in [0.3, 0.4) is 0 Å². The van der Waals surface area contributed by atoms with E-state index in [-0.39, 0.29) is 17.6 Å². The third-order valence-electron chi connectivity index (χ3n) is 4.07. The molecule has 0 aliphatic carbocycles. The molecule has 10 nitrogen and oxygen atoms in total. The number of nitrogens with one attached hydrogen (secondary N) is 1. The van der Waals surface area contributed by atoms with Crippen molar-refractivity contribution >= 4 is 40.3 Å². The lowest BCUT2D eigenvalue weighted by Gasteiger charge is -2.34. The zero-order valence-electron chi connectivity index (χ0n) is 14.3. The van der Waals surface area contributed by atoms with Crippen LogP contribution >= 0.6 is 11.5 Å². The minimum absolute atomic E-state index is 0.200. The van der Waals surface area contributed by atoms with Gasteiger partial charge >= 0.3 is 0 Å². The van der Waals surface area contributed by atoms with Gasteiger partial charge in [0.25, 0.3) is 11.8 Å². The van der Waals surface area contributed by atoms with Gasteiger partial charge < -0.3 is 23.8 Å². The van der Waals surface area contributed by atoms with E-state index in [1.165, 1.54) is 25.3 Å². The lowest BCUT2D eigenvalue weighted by atomic mass is 10.1. The largest absolute Gasteiger partial charge is 0.755 e. The fraction of sp³-hybridized carbons (Fsp3) is 0.333. The van der Waals surface area contributed by atoms with Crippen LogP contribution in [0.5, 0.6) is 5.75 Å². The first-order valence-electron chi connectivity index (χ1n) is 7.89. The lowest BCUT2D eigenvalue weighted by Crippen LogP contribution is -2.50. The highest BCUT2D eigenvalue weighted by molar-refractivity contribution is 7.80. The minimum atomic E-state index is -2.47. The van der Waals surface area contributed by atoms with Crippen LogP contribution in [-0.4, -0.2) is 73.3 Å². The molecule has 1 unspecified atom stereocenters. The number of hydrogen-bond acceptors (Lipinski definition) is 8. The van der Waals surface area contributed by atoms with Gasteiger partial charge in [-0.15, -0.1) is 5.10 Å². The van der Waals surface area contributed by atoms with Crippen molar-refractivity contribution < 1.29 is 23.1 Å². The van der Waals surface area contributed by atoms with Crippen LogP contribution in [0.2, 0.25) is 0 Å². The van der Waals surface area contributed by atoms with Crippen molar-refractivity contribution in [1.82, 2.24) is 19.4 Å². The standard InChI is InChI=1S/C15H17N5O5S2/c1-25-13-8-10(17-27(23)24)2-3-11(13)14(21)19-4-6-20(7-5-19)15(22)12-9-26-18-16-12/h2-3,8-9,17H,4-7H2,1H3,(H,23,24)/p-1. The average Bonchev–Trinajstić information content (AvgIpc) is 3.21. The van der Waals surface area contributed by atoms with Crippen molar-refractivity contribution in [3.05, 3.63) is 34.8 Å². The van der Waals surface area contributed by atoms with Gasteiger partial charge in [0, 0.05) is 54.6 Å². The summed E-state index contributed by atoms with van der Waals surface area (Å²) in [6, 6.07) is 4.44. The number of nitrogens with zero attached hydrogens (tertiary/aromatic N) is 4. The molecule has 1 aliphatic rings. The molecule has 3 rings (SSSR count). The smallest absolute Gasteiger partial charge is 0.275 e. The van der Waals surface area contributed by atoms with E-state index >= 15 is 0 Å². The molecular formula is C15H16N5O5S2-. The highest BCUT2D eigenvalue weighted by atomic mass is 32.2. The van der Waals surface area contributed by atoms with E-state index in [2.05, 4.69) is 14.3 Å². The second kappa shape index (κ2) is 8.41. The molecule has 2 amide bonds. The monoisotopic (exact) mass is 410 g/mol. The number of ether oxygens (including phenoxy) is 1. The van der Waals surface area contributed by atoms with E-state index in [0.29, 0.717) is 43.1 Å². The van der Waals surface area contributed by atoms with Gasteiger partial charge in [0.1, 0.15) is 5.75 Å². The maximum atomic E-state index is 12.8. The Hall–Kier alpha value is -2.57. The van der Waals surface area contributed by atoms with Crippen LogP contribution in [0.1, 0.15) is 20.8 Å². The fourth-order valence-electron chi connectivity index (χ4n) is 2.73. The zero-order valence-corrected chi connectivity index (χ0v) is 15.9. The molecule has 0 radical (unpaired) electrons. The first kappa shape index (κ1) is 19.2. The Kier molecular flexibility index (Phi) is 5.98. The van der Waals surface area contributed by atoms with E-state index in [0.717, 1.165) is 11.5 Å². The average molecular weight is 410 g/mol. The number of carbonyl (C=O) groups is 2. The number of piperazine rings is 1. The molecular weight excluding hydrogens is 394 g/mol. The van der Waals surface area contributed by atoms with Crippen LogP contribution in [0, 0.1) is 0 Å². The maximum absolute atomic E-state index is 12.8. The van der Waals surface area contributed by atoms with Gasteiger partial charge in [0.15, 0.2) is 5.69 Å². The van der Waals surface area contributed by atoms with Crippen molar-refractivity contribution in [3.8, 4) is 5.75 Å². The summed E-state index contributed by atoms with van der Waals surface area (Å²) >= 11 is -1.35. The topological polar surface area (TPSA) is 128 Å². The van der Waals surface area contributed by atoms with Crippen LogP contribution < -0.4 is 9.46 Å². The second-order valence-electron chi connectivity index (χ2n) is 5.63. The number of rotatable bonds is 5. The number of amides is 2. The Balaban J connectivity index is 1.67. The Bertz CT molecular complexity index is 852. The van der Waals surface area contributed by atoms with E-state index in [4.69, 9.17) is 4.74 Å². The highest BCUT2D eigenvalue weighted by Crippen LogP contribution is 2.25. The Morgan fingerprint density at radius 1 is 1.22 bits per heavy atom. The van der Waals surface area contributed by atoms with Gasteiger partial charge in [-0.2, -0.15) is 0 Å². The Morgan fingerprint density at radius 2 is 1.89 bits per heavy atom. The lowest BCUT2D eigenvalue weighted by molar-refractivity contribution is 0.0530. The van der Waals surface area contributed by atoms with Crippen molar-refractivity contribution in [3.63, 3.8) is 0 Å². The minimum Gasteiger partial charge on any atom is -0.755 e. The number of anilines is 1. The predicted octanol–water partition coefficient (Wildman–Crippen LogP) is 0.351. The van der Waals surface area contributed by atoms with Crippen molar-refractivity contribution in [1.29, 1.82) is 0 Å². The summed E-state index contributed by atoms with van der Waals surface area (Å²) in [6.07, 6.45) is 0. The normalized spacial score (nSPS) is 15.3. The van der Waals surface area contributed by atoms with E-state index in [1.807, 2.05) is 0 Å². The molecule has 144 valence electrons. The molecule has 1 N–H and O–H groups in total. The Labute approximate surface area is 161 Å². The third-order valence-corrected chi connectivity index (χ3v) is 4.97. The van der Waals surface area contributed by atoms with Crippen LogP contribution in [-0.2, 0) is 11.3 Å². The fourth-order valence-corrected chi connectivity index (χ4v) is 3.48. The van der Waals surface area contributed by atoms with Gasteiger partial charge in [0.05, 0.1) is 12.7 Å². The molecule has 1 atom stereocenters. The summed E-state index contributed by atoms with van der Waals surface area (Å²) in [5.74, 6) is -0.180. The quantitative estimate of drug-likeness (QED) is 0.705. The predicted molar refractivity (Wildman–Crippen MR) is 97.3 cm³/mol. The van der Waals surface area contributed by atoms with Crippen molar-refractivity contribution in [2.75, 3.05) is 38.0 Å². The van der Waals surface area contributed by atoms with Gasteiger partial charge in [-0.05, 0) is 23.7 Å². The Morgan fingerprint density at radius 3 is 2.44 bits per heavy atom. The molecule has 1 aromatic carbocycles. The highest BCUT2D eigenvalue weighted by Gasteiger charge is 2.27.